The van der Waals surface area contributed by atoms with Gasteiger partial charge in [-0.2, -0.15) is 4.98 Å². The number of benzene rings is 1. The van der Waals surface area contributed by atoms with Gasteiger partial charge in [-0.3, -0.25) is 19.5 Å². The molecule has 1 aromatic carbocycles. The molecule has 1 aliphatic heterocycles. The SMILES string of the molecule is Cc1cnc(Cn2cc(CCCN3C(=O)c4ccccc4C3=O)c3c(Cl)nc(N)nc32)c(C)c1I. The number of pyridine rings is 1. The number of aromatic nitrogens is 4. The van der Waals surface area contributed by atoms with Crippen LogP contribution < -0.4 is 5.73 Å². The van der Waals surface area contributed by atoms with Crippen molar-refractivity contribution >= 4 is 63.0 Å². The highest BCUT2D eigenvalue weighted by Gasteiger charge is 2.34. The fourth-order valence-corrected chi connectivity index (χ4v) is 5.23. The molecule has 10 heteroatoms. The number of hydrogen-bond acceptors (Lipinski definition) is 6. The van der Waals surface area contributed by atoms with Crippen molar-refractivity contribution in [3.05, 3.63) is 78.9 Å². The fraction of sp³-hybridized carbons (Fsp3) is 0.240. The number of nitrogens with two attached hydrogens (primary N) is 1. The van der Waals surface area contributed by atoms with E-state index in [-0.39, 0.29) is 22.9 Å². The van der Waals surface area contributed by atoms with Crippen LogP contribution in [0.1, 0.15) is 49.5 Å². The van der Waals surface area contributed by atoms with Gasteiger partial charge in [0.2, 0.25) is 5.95 Å². The number of nitrogens with zero attached hydrogens (tertiary/aromatic N) is 5. The first-order valence-corrected chi connectivity index (χ1v) is 12.6. The van der Waals surface area contributed by atoms with Gasteiger partial charge in [0.15, 0.2) is 0 Å². The molecule has 0 bridgehead atoms. The molecule has 0 aliphatic carbocycles. The van der Waals surface area contributed by atoms with E-state index in [0.717, 1.165) is 27.8 Å². The summed E-state index contributed by atoms with van der Waals surface area (Å²) in [6.45, 7) is 4.91. The number of carbonyl (C=O) groups excluding carboxylic acids is 2. The Bertz CT molecular complexity index is 1480. The lowest BCUT2D eigenvalue weighted by Crippen LogP contribution is -2.30. The van der Waals surface area contributed by atoms with E-state index in [1.807, 2.05) is 23.9 Å². The van der Waals surface area contributed by atoms with E-state index < -0.39 is 0 Å². The number of rotatable bonds is 6. The molecule has 178 valence electrons. The van der Waals surface area contributed by atoms with Gasteiger partial charge in [0, 0.05) is 22.5 Å². The van der Waals surface area contributed by atoms with Crippen molar-refractivity contribution in [3.63, 3.8) is 0 Å². The van der Waals surface area contributed by atoms with E-state index >= 15 is 0 Å². The zero-order valence-electron chi connectivity index (χ0n) is 19.2. The first-order valence-electron chi connectivity index (χ1n) is 11.1. The Balaban J connectivity index is 1.42. The maximum absolute atomic E-state index is 12.7. The summed E-state index contributed by atoms with van der Waals surface area (Å²) in [5.74, 6) is -0.405. The second-order valence-corrected chi connectivity index (χ2v) is 10.0. The number of imide groups is 1. The molecule has 0 saturated carbocycles. The molecule has 4 heterocycles. The zero-order chi connectivity index (χ0) is 24.9. The Morgan fingerprint density at radius 3 is 2.46 bits per heavy atom. The first-order chi connectivity index (χ1) is 16.8. The topological polar surface area (TPSA) is 107 Å². The molecule has 0 fully saturated rings. The van der Waals surface area contributed by atoms with Crippen LogP contribution in [-0.2, 0) is 13.0 Å². The van der Waals surface area contributed by atoms with E-state index in [0.29, 0.717) is 42.7 Å². The van der Waals surface area contributed by atoms with Gasteiger partial charge in [-0.25, -0.2) is 4.98 Å². The van der Waals surface area contributed by atoms with Gasteiger partial charge in [0.05, 0.1) is 28.8 Å². The molecule has 35 heavy (non-hydrogen) atoms. The molecule has 1 aliphatic rings. The van der Waals surface area contributed by atoms with Crippen LogP contribution >= 0.6 is 34.2 Å². The predicted octanol–water partition coefficient (Wildman–Crippen LogP) is 4.56. The second kappa shape index (κ2) is 9.19. The molecule has 5 rings (SSSR count). The molecule has 4 aromatic rings. The van der Waals surface area contributed by atoms with Crippen LogP contribution in [0.3, 0.4) is 0 Å². The van der Waals surface area contributed by atoms with Crippen LogP contribution in [0.25, 0.3) is 11.0 Å². The number of halogens is 2. The number of nitrogen functional groups attached to an aromatic ring is 1. The Hall–Kier alpha value is -3.05. The Morgan fingerprint density at radius 2 is 1.77 bits per heavy atom. The maximum atomic E-state index is 12.7. The normalized spacial score (nSPS) is 13.2. The van der Waals surface area contributed by atoms with Crippen molar-refractivity contribution < 1.29 is 9.59 Å². The molecule has 0 unspecified atom stereocenters. The summed E-state index contributed by atoms with van der Waals surface area (Å²) >= 11 is 8.83. The number of fused-ring (bicyclic) bond motifs is 2. The van der Waals surface area contributed by atoms with E-state index in [1.165, 1.54) is 8.47 Å². The van der Waals surface area contributed by atoms with Crippen molar-refractivity contribution in [3.8, 4) is 0 Å². The first kappa shape index (κ1) is 23.7. The van der Waals surface area contributed by atoms with Gasteiger partial charge in [0.1, 0.15) is 10.8 Å². The third-order valence-electron chi connectivity index (χ3n) is 6.32. The molecule has 2 amide bonds. The number of carbonyl (C=O) groups is 2. The Labute approximate surface area is 220 Å². The lowest BCUT2D eigenvalue weighted by atomic mass is 10.1. The molecular weight excluding hydrogens is 579 g/mol. The number of aryl methyl sites for hydroxylation is 2. The lowest BCUT2D eigenvalue weighted by Gasteiger charge is -2.13. The monoisotopic (exact) mass is 600 g/mol. The van der Waals surface area contributed by atoms with Crippen molar-refractivity contribution in [2.45, 2.75) is 33.2 Å². The minimum atomic E-state index is -0.252. The van der Waals surface area contributed by atoms with Crippen LogP contribution in [0.4, 0.5) is 5.95 Å². The van der Waals surface area contributed by atoms with Gasteiger partial charge in [-0.15, -0.1) is 0 Å². The Morgan fingerprint density at radius 1 is 1.09 bits per heavy atom. The quantitative estimate of drug-likeness (QED) is 0.198. The van der Waals surface area contributed by atoms with E-state index in [2.05, 4.69) is 44.5 Å². The standard InChI is InChI=1S/C25H22ClIN6O2/c1-13-10-29-18(14(2)20(13)27)12-32-11-15(19-21(26)30-25(28)31-22(19)32)6-5-9-33-23(34)16-7-3-4-8-17(16)24(33)35/h3-4,7-8,10-11H,5-6,9,12H2,1-2H3,(H2,28,30,31). The van der Waals surface area contributed by atoms with Crippen molar-refractivity contribution in [1.29, 1.82) is 0 Å². The molecule has 8 nitrogen and oxygen atoms in total. The highest BCUT2D eigenvalue weighted by molar-refractivity contribution is 14.1. The third kappa shape index (κ3) is 4.16. The molecule has 3 aromatic heterocycles. The minimum absolute atomic E-state index is 0.0996. The molecule has 0 saturated heterocycles. The summed E-state index contributed by atoms with van der Waals surface area (Å²) in [7, 11) is 0. The molecule has 0 radical (unpaired) electrons. The summed E-state index contributed by atoms with van der Waals surface area (Å²) in [6, 6.07) is 6.91. The van der Waals surface area contributed by atoms with E-state index in [1.54, 1.807) is 24.3 Å². The Kier molecular flexibility index (Phi) is 6.22. The molecule has 2 N–H and O–H groups in total. The molecule has 0 atom stereocenters. The highest BCUT2D eigenvalue weighted by Crippen LogP contribution is 2.30. The minimum Gasteiger partial charge on any atom is -0.368 e. The predicted molar refractivity (Wildman–Crippen MR) is 143 cm³/mol. The summed E-state index contributed by atoms with van der Waals surface area (Å²) in [5, 5.41) is 1.01. The van der Waals surface area contributed by atoms with Crippen LogP contribution in [0.15, 0.2) is 36.7 Å². The van der Waals surface area contributed by atoms with Crippen LogP contribution in [0.2, 0.25) is 5.15 Å². The molecular formula is C25H22ClIN6O2. The van der Waals surface area contributed by atoms with Gasteiger partial charge in [0.25, 0.3) is 11.8 Å². The highest BCUT2D eigenvalue weighted by atomic mass is 127. The van der Waals surface area contributed by atoms with Crippen molar-refractivity contribution in [1.82, 2.24) is 24.4 Å². The van der Waals surface area contributed by atoms with Crippen molar-refractivity contribution in [2.24, 2.45) is 0 Å². The van der Waals surface area contributed by atoms with Gasteiger partial charge < -0.3 is 10.3 Å². The summed E-state index contributed by atoms with van der Waals surface area (Å²) in [5.41, 5.74) is 11.6. The number of amides is 2. The number of hydrogen-bond donors (Lipinski definition) is 1. The summed E-state index contributed by atoms with van der Waals surface area (Å²) in [4.78, 5) is 39.9. The van der Waals surface area contributed by atoms with E-state index in [9.17, 15) is 9.59 Å². The largest absolute Gasteiger partial charge is 0.368 e. The number of anilines is 1. The van der Waals surface area contributed by atoms with Gasteiger partial charge in [-0.05, 0) is 78.1 Å². The zero-order valence-corrected chi connectivity index (χ0v) is 22.1. The third-order valence-corrected chi connectivity index (χ3v) is 8.25. The summed E-state index contributed by atoms with van der Waals surface area (Å²) in [6.07, 6.45) is 5.02. The van der Waals surface area contributed by atoms with E-state index in [4.69, 9.17) is 17.3 Å². The second-order valence-electron chi connectivity index (χ2n) is 8.59. The molecule has 0 spiro atoms. The average Bonchev–Trinajstić information content (AvgIpc) is 3.29. The van der Waals surface area contributed by atoms with Crippen molar-refractivity contribution in [2.75, 3.05) is 12.3 Å². The lowest BCUT2D eigenvalue weighted by molar-refractivity contribution is 0.0652. The average molecular weight is 601 g/mol. The summed E-state index contributed by atoms with van der Waals surface area (Å²) < 4.78 is 3.16. The van der Waals surface area contributed by atoms with Crippen LogP contribution in [0, 0.1) is 17.4 Å². The maximum Gasteiger partial charge on any atom is 0.261 e. The van der Waals surface area contributed by atoms with Crippen LogP contribution in [0.5, 0.6) is 0 Å². The van der Waals surface area contributed by atoms with Gasteiger partial charge in [-0.1, -0.05) is 23.7 Å². The smallest absolute Gasteiger partial charge is 0.261 e. The fourth-order valence-electron chi connectivity index (χ4n) is 4.49. The van der Waals surface area contributed by atoms with Crippen LogP contribution in [-0.4, -0.2) is 42.8 Å². The van der Waals surface area contributed by atoms with Gasteiger partial charge >= 0.3 is 0 Å².